The van der Waals surface area contributed by atoms with Gasteiger partial charge in [0.25, 0.3) is 5.56 Å². The highest BCUT2D eigenvalue weighted by molar-refractivity contribution is 5.80. The molecular weight excluding hydrogens is 593 g/mol. The van der Waals surface area contributed by atoms with Gasteiger partial charge in [0.05, 0.1) is 19.1 Å². The van der Waals surface area contributed by atoms with E-state index in [2.05, 4.69) is 4.74 Å². The highest BCUT2D eigenvalue weighted by Crippen LogP contribution is 2.32. The molecule has 2 amide bonds. The molecule has 2 aliphatic rings. The Kier molecular flexibility index (Phi) is 9.08. The third-order valence-corrected chi connectivity index (χ3v) is 8.37. The molecule has 2 aliphatic heterocycles. The van der Waals surface area contributed by atoms with E-state index in [0.717, 1.165) is 38.3 Å². The summed E-state index contributed by atoms with van der Waals surface area (Å²) in [4.78, 5) is 56.7. The summed E-state index contributed by atoms with van der Waals surface area (Å²) in [6, 6.07) is 10.2. The fourth-order valence-electron chi connectivity index (χ4n) is 6.10. The maximum Gasteiger partial charge on any atom is 0.573 e. The van der Waals surface area contributed by atoms with Crippen LogP contribution in [0.5, 0.6) is 11.5 Å². The van der Waals surface area contributed by atoms with Gasteiger partial charge in [0.2, 0.25) is 11.8 Å². The van der Waals surface area contributed by atoms with Crippen LogP contribution in [-0.2, 0) is 29.0 Å². The highest BCUT2D eigenvalue weighted by atomic mass is 19.4. The molecule has 0 atom stereocenters. The molecule has 3 heterocycles. The Labute approximate surface area is 257 Å². The second kappa shape index (κ2) is 12.8. The number of likely N-dealkylation sites (tertiary alicyclic amines) is 1. The van der Waals surface area contributed by atoms with Crippen molar-refractivity contribution in [3.05, 3.63) is 80.6 Å². The molecule has 0 saturated carbocycles. The Morgan fingerprint density at radius 3 is 2.36 bits per heavy atom. The van der Waals surface area contributed by atoms with E-state index in [1.807, 2.05) is 23.1 Å². The first-order chi connectivity index (χ1) is 21.4. The van der Waals surface area contributed by atoms with Crippen molar-refractivity contribution in [1.82, 2.24) is 18.9 Å². The van der Waals surface area contributed by atoms with Gasteiger partial charge in [-0.05, 0) is 62.4 Å². The molecule has 240 valence electrons. The van der Waals surface area contributed by atoms with Crippen molar-refractivity contribution >= 4 is 11.8 Å². The SMILES string of the molecule is COc1ccc2c(c1)CCN(C1CCN(C(=O)Cn3cc(-c4ccccc4OC(F)(F)F)c(=O)n(C(C)C)c3=O)CC1)C(=O)C2. The molecule has 1 saturated heterocycles. The van der Waals surface area contributed by atoms with E-state index in [0.29, 0.717) is 45.3 Å². The number of hydrogen-bond acceptors (Lipinski definition) is 6. The number of halogens is 3. The van der Waals surface area contributed by atoms with Gasteiger partial charge >= 0.3 is 12.1 Å². The van der Waals surface area contributed by atoms with Gasteiger partial charge < -0.3 is 19.3 Å². The van der Waals surface area contributed by atoms with Gasteiger partial charge in [-0.1, -0.05) is 24.3 Å². The molecule has 13 heteroatoms. The normalized spacial score (nSPS) is 16.0. The Morgan fingerprint density at radius 2 is 1.69 bits per heavy atom. The van der Waals surface area contributed by atoms with Crippen LogP contribution in [0.3, 0.4) is 0 Å². The summed E-state index contributed by atoms with van der Waals surface area (Å²) in [7, 11) is 1.61. The van der Waals surface area contributed by atoms with Crippen LogP contribution in [0.15, 0.2) is 58.3 Å². The van der Waals surface area contributed by atoms with Gasteiger partial charge in [0, 0.05) is 43.5 Å². The van der Waals surface area contributed by atoms with Crippen molar-refractivity contribution in [2.24, 2.45) is 0 Å². The van der Waals surface area contributed by atoms with Crippen LogP contribution >= 0.6 is 0 Å². The van der Waals surface area contributed by atoms with E-state index in [-0.39, 0.29) is 29.0 Å². The number of piperidine rings is 1. The zero-order valence-corrected chi connectivity index (χ0v) is 25.3. The molecule has 0 aliphatic carbocycles. The number of carbonyl (C=O) groups excluding carboxylic acids is 2. The lowest BCUT2D eigenvalue weighted by atomic mass is 10.0. The lowest BCUT2D eigenvalue weighted by Crippen LogP contribution is -2.50. The largest absolute Gasteiger partial charge is 0.573 e. The number of ether oxygens (including phenoxy) is 2. The smallest absolute Gasteiger partial charge is 0.497 e. The topological polar surface area (TPSA) is 103 Å². The van der Waals surface area contributed by atoms with Crippen molar-refractivity contribution in [3.8, 4) is 22.6 Å². The second-order valence-electron chi connectivity index (χ2n) is 11.5. The first-order valence-corrected chi connectivity index (χ1v) is 14.8. The number of benzene rings is 2. The third kappa shape index (κ3) is 6.91. The van der Waals surface area contributed by atoms with Crippen LogP contribution in [0, 0.1) is 0 Å². The number of nitrogens with zero attached hydrogens (tertiary/aromatic N) is 4. The lowest BCUT2D eigenvalue weighted by molar-refractivity contribution is -0.274. The van der Waals surface area contributed by atoms with Crippen molar-refractivity contribution in [2.45, 2.75) is 64.5 Å². The summed E-state index contributed by atoms with van der Waals surface area (Å²) >= 11 is 0. The molecular formula is C32H35F3N4O6. The van der Waals surface area contributed by atoms with Gasteiger partial charge in [-0.2, -0.15) is 0 Å². The second-order valence-corrected chi connectivity index (χ2v) is 11.5. The van der Waals surface area contributed by atoms with Gasteiger partial charge in [0.1, 0.15) is 18.0 Å². The molecule has 1 aromatic heterocycles. The summed E-state index contributed by atoms with van der Waals surface area (Å²) in [6.07, 6.45) is -1.76. The molecule has 5 rings (SSSR count). The van der Waals surface area contributed by atoms with Gasteiger partial charge in [-0.3, -0.25) is 23.5 Å². The average molecular weight is 629 g/mol. The summed E-state index contributed by atoms with van der Waals surface area (Å²) in [5, 5.41) is 0. The predicted octanol–water partition coefficient (Wildman–Crippen LogP) is 3.78. The van der Waals surface area contributed by atoms with Gasteiger partial charge in [0.15, 0.2) is 0 Å². The van der Waals surface area contributed by atoms with Crippen LogP contribution < -0.4 is 20.7 Å². The number of fused-ring (bicyclic) bond motifs is 1. The Morgan fingerprint density at radius 1 is 0.978 bits per heavy atom. The first-order valence-electron chi connectivity index (χ1n) is 14.8. The monoisotopic (exact) mass is 628 g/mol. The Bertz CT molecular complexity index is 1710. The number of alkyl halides is 3. The molecule has 10 nitrogen and oxygen atoms in total. The fraction of sp³-hybridized carbons (Fsp3) is 0.438. The molecule has 3 aromatic rings. The summed E-state index contributed by atoms with van der Waals surface area (Å²) < 4.78 is 50.8. The summed E-state index contributed by atoms with van der Waals surface area (Å²) in [5.41, 5.74) is 0.170. The van der Waals surface area contributed by atoms with Crippen molar-refractivity contribution in [1.29, 1.82) is 0 Å². The fourth-order valence-corrected chi connectivity index (χ4v) is 6.10. The van der Waals surface area contributed by atoms with E-state index in [1.165, 1.54) is 18.2 Å². The molecule has 2 aromatic carbocycles. The van der Waals surface area contributed by atoms with Crippen LogP contribution in [0.1, 0.15) is 43.9 Å². The minimum atomic E-state index is -5.00. The molecule has 0 bridgehead atoms. The minimum Gasteiger partial charge on any atom is -0.497 e. The zero-order valence-electron chi connectivity index (χ0n) is 25.3. The van der Waals surface area contributed by atoms with Gasteiger partial charge in [-0.25, -0.2) is 4.79 Å². The molecule has 1 fully saturated rings. The number of aromatic nitrogens is 2. The maximum absolute atomic E-state index is 13.4. The number of rotatable bonds is 7. The van der Waals surface area contributed by atoms with Crippen LogP contribution in [0.25, 0.3) is 11.1 Å². The standard InChI is InChI=1S/C32H35F3N4O6/c1-20(2)39-30(42)26(25-6-4-5-7-27(25)45-32(33,34)35)18-37(31(39)43)19-29(41)36-13-11-23(12-14-36)38-15-10-22-16-24(44-3)9-8-21(22)17-28(38)40/h4-9,16,18,20,23H,10-15,17,19H2,1-3H3. The molecule has 0 N–H and O–H groups in total. The summed E-state index contributed by atoms with van der Waals surface area (Å²) in [6.45, 7) is 4.07. The zero-order chi connectivity index (χ0) is 32.5. The first kappa shape index (κ1) is 31.9. The predicted molar refractivity (Wildman–Crippen MR) is 159 cm³/mol. The van der Waals surface area contributed by atoms with E-state index in [9.17, 15) is 32.3 Å². The van der Waals surface area contributed by atoms with Crippen molar-refractivity contribution in [3.63, 3.8) is 0 Å². The van der Waals surface area contributed by atoms with E-state index in [4.69, 9.17) is 4.74 Å². The number of para-hydroxylation sites is 1. The van der Waals surface area contributed by atoms with E-state index in [1.54, 1.807) is 25.9 Å². The number of carbonyl (C=O) groups is 2. The minimum absolute atomic E-state index is 0.0356. The van der Waals surface area contributed by atoms with Crippen molar-refractivity contribution in [2.75, 3.05) is 26.7 Å². The maximum atomic E-state index is 13.4. The third-order valence-electron chi connectivity index (χ3n) is 8.37. The van der Waals surface area contributed by atoms with E-state index < -0.39 is 35.9 Å². The molecule has 0 unspecified atom stereocenters. The lowest BCUT2D eigenvalue weighted by Gasteiger charge is -2.38. The quantitative estimate of drug-likeness (QED) is 0.395. The number of amides is 2. The average Bonchev–Trinajstić information content (AvgIpc) is 3.15. The Hall–Kier alpha value is -4.55. The summed E-state index contributed by atoms with van der Waals surface area (Å²) in [5.74, 6) is -0.192. The number of hydrogen-bond donors (Lipinski definition) is 0. The molecule has 0 spiro atoms. The Balaban J connectivity index is 1.32. The van der Waals surface area contributed by atoms with Crippen LogP contribution in [0.4, 0.5) is 13.2 Å². The van der Waals surface area contributed by atoms with Gasteiger partial charge in [-0.15, -0.1) is 13.2 Å². The highest BCUT2D eigenvalue weighted by Gasteiger charge is 2.34. The van der Waals surface area contributed by atoms with Crippen LogP contribution in [-0.4, -0.2) is 69.9 Å². The molecule has 45 heavy (non-hydrogen) atoms. The van der Waals surface area contributed by atoms with Crippen molar-refractivity contribution < 1.29 is 32.2 Å². The van der Waals surface area contributed by atoms with Crippen LogP contribution in [0.2, 0.25) is 0 Å². The molecule has 0 radical (unpaired) electrons. The number of methoxy groups -OCH3 is 1. The van der Waals surface area contributed by atoms with E-state index >= 15 is 0 Å².